The molecule has 5 aromatic rings. The number of benzene rings is 3. The van der Waals surface area contributed by atoms with Gasteiger partial charge in [-0.1, -0.05) is 42.5 Å². The Labute approximate surface area is 284 Å². The van der Waals surface area contributed by atoms with Crippen molar-refractivity contribution in [3.8, 4) is 0 Å². The number of amides is 3. The molecule has 8 rings (SSSR count). The van der Waals surface area contributed by atoms with Gasteiger partial charge in [0.25, 0.3) is 0 Å². The van der Waals surface area contributed by atoms with Gasteiger partial charge in [0.05, 0.1) is 47.2 Å². The van der Waals surface area contributed by atoms with E-state index in [-0.39, 0.29) is 35.9 Å². The van der Waals surface area contributed by atoms with E-state index in [1.165, 1.54) is 7.11 Å². The van der Waals surface area contributed by atoms with E-state index in [4.69, 9.17) is 14.7 Å². The number of carbonyl (C=O) groups excluding carboxylic acids is 3. The van der Waals surface area contributed by atoms with E-state index >= 15 is 0 Å². The minimum Gasteiger partial charge on any atom is -0.453 e. The average molecular weight is 660 g/mol. The lowest BCUT2D eigenvalue weighted by molar-refractivity contribution is -0.139. The van der Waals surface area contributed by atoms with Crippen LogP contribution in [0.3, 0.4) is 0 Å². The normalized spacial score (nSPS) is 22.9. The number of carbonyl (C=O) groups is 3. The van der Waals surface area contributed by atoms with Gasteiger partial charge in [0.15, 0.2) is 0 Å². The van der Waals surface area contributed by atoms with E-state index < -0.39 is 12.1 Å². The van der Waals surface area contributed by atoms with Gasteiger partial charge in [-0.25, -0.2) is 14.8 Å². The monoisotopic (exact) mass is 659 g/mol. The van der Waals surface area contributed by atoms with Crippen molar-refractivity contribution in [1.29, 1.82) is 0 Å². The number of rotatable bonds is 7. The zero-order valence-corrected chi connectivity index (χ0v) is 27.8. The van der Waals surface area contributed by atoms with Crippen LogP contribution in [0.2, 0.25) is 0 Å². The fraction of sp³-hybridized carbons (Fsp3) is 0.395. The highest BCUT2D eigenvalue weighted by Crippen LogP contribution is 2.41. The summed E-state index contributed by atoms with van der Waals surface area (Å²) >= 11 is 0. The lowest BCUT2D eigenvalue weighted by atomic mass is 9.98. The average Bonchev–Trinajstić information content (AvgIpc) is 3.93. The second-order valence-electron chi connectivity index (χ2n) is 13.7. The molecule has 0 bridgehead atoms. The van der Waals surface area contributed by atoms with Gasteiger partial charge in [-0.2, -0.15) is 0 Å². The third-order valence-electron chi connectivity index (χ3n) is 10.7. The molecule has 0 radical (unpaired) electrons. The van der Waals surface area contributed by atoms with E-state index in [2.05, 4.69) is 51.7 Å². The summed E-state index contributed by atoms with van der Waals surface area (Å²) in [6.07, 6.45) is 5.19. The van der Waals surface area contributed by atoms with Crippen LogP contribution in [0.25, 0.3) is 22.1 Å². The number of hydrogen-bond acceptors (Lipinski definition) is 6. The van der Waals surface area contributed by atoms with Crippen LogP contribution in [0.4, 0.5) is 4.79 Å². The fourth-order valence-corrected chi connectivity index (χ4v) is 8.13. The van der Waals surface area contributed by atoms with Crippen molar-refractivity contribution < 1.29 is 19.1 Å². The Kier molecular flexibility index (Phi) is 8.05. The summed E-state index contributed by atoms with van der Waals surface area (Å²) in [7, 11) is 1.31. The number of imidazole rings is 2. The summed E-state index contributed by atoms with van der Waals surface area (Å²) in [5.41, 5.74) is 6.96. The van der Waals surface area contributed by atoms with Gasteiger partial charge < -0.3 is 29.8 Å². The maximum atomic E-state index is 13.5. The van der Waals surface area contributed by atoms with Gasteiger partial charge in [-0.3, -0.25) is 9.59 Å². The smallest absolute Gasteiger partial charge is 0.407 e. The van der Waals surface area contributed by atoms with Crippen molar-refractivity contribution in [3.05, 3.63) is 95.1 Å². The number of H-pyrrole nitrogens is 2. The second-order valence-corrected chi connectivity index (χ2v) is 13.7. The highest BCUT2D eigenvalue weighted by Gasteiger charge is 2.45. The maximum absolute atomic E-state index is 13.5. The highest BCUT2D eigenvalue weighted by molar-refractivity contribution is 5.87. The van der Waals surface area contributed by atoms with Gasteiger partial charge in [-0.05, 0) is 92.8 Å². The molecule has 3 fully saturated rings. The van der Waals surface area contributed by atoms with Gasteiger partial charge in [-0.15, -0.1) is 0 Å². The number of alkyl carbamates (subject to hydrolysis) is 1. The van der Waals surface area contributed by atoms with Crippen molar-refractivity contribution in [2.45, 2.75) is 82.0 Å². The number of fused-ring (bicyclic) bond motifs is 3. The van der Waals surface area contributed by atoms with Crippen molar-refractivity contribution in [2.24, 2.45) is 0 Å². The van der Waals surface area contributed by atoms with Crippen molar-refractivity contribution >= 4 is 40.0 Å². The van der Waals surface area contributed by atoms with E-state index in [0.29, 0.717) is 6.42 Å². The summed E-state index contributed by atoms with van der Waals surface area (Å²) in [6.45, 7) is 2.73. The first-order valence-corrected chi connectivity index (χ1v) is 17.4. The molecule has 0 aliphatic carbocycles. The molecule has 3 aromatic carbocycles. The molecule has 0 saturated carbocycles. The van der Waals surface area contributed by atoms with Crippen molar-refractivity contribution in [2.75, 3.05) is 13.7 Å². The van der Waals surface area contributed by atoms with Crippen molar-refractivity contribution in [3.63, 3.8) is 0 Å². The number of likely N-dealkylation sites (tertiary alicyclic amines) is 1. The summed E-state index contributed by atoms with van der Waals surface area (Å²) < 4.78 is 4.74. The Hall–Kier alpha value is -5.19. The lowest BCUT2D eigenvalue weighted by Crippen LogP contribution is -2.54. The van der Waals surface area contributed by atoms with Crippen LogP contribution >= 0.6 is 0 Å². The van der Waals surface area contributed by atoms with E-state index in [1.807, 2.05) is 47.1 Å². The molecule has 2 aromatic heterocycles. The number of ether oxygens (including phenoxy) is 1. The number of nitrogens with one attached hydrogen (secondary N) is 3. The molecule has 0 unspecified atom stereocenters. The Balaban J connectivity index is 0.979. The topological polar surface area (TPSA) is 136 Å². The van der Waals surface area contributed by atoms with Crippen LogP contribution < -0.4 is 5.32 Å². The first kappa shape index (κ1) is 31.1. The Morgan fingerprint density at radius 1 is 0.878 bits per heavy atom. The van der Waals surface area contributed by atoms with Gasteiger partial charge in [0.1, 0.15) is 17.7 Å². The first-order valence-electron chi connectivity index (χ1n) is 17.4. The van der Waals surface area contributed by atoms with Crippen LogP contribution in [0.5, 0.6) is 0 Å². The quantitative estimate of drug-likeness (QED) is 0.195. The van der Waals surface area contributed by atoms with Crippen LogP contribution in [-0.2, 0) is 20.7 Å². The molecular formula is C38H41N7O4. The standard InChI is InChI=1S/C38H41N7O4/c1-22(25-7-4-3-5-8-25)36(46)44-18-6-9-32(44)34-39-27-14-10-23(20-30(27)41-34)19-24-11-15-28-31(21-24)42-35(40-28)33-17-13-26-12-16-29(37(47)45(26)33)43-38(48)49-2/h3-5,7-8,10-11,14-15,20-22,26,29,32-33H,6,9,12-13,16-19H2,1-2H3,(H,39,41)(H,40,42)(H,43,48)/t22-,26+,29+,32+,33+/m1/s1. The van der Waals surface area contributed by atoms with Crippen LogP contribution in [0.15, 0.2) is 66.7 Å². The number of hydrogen-bond donors (Lipinski definition) is 3. The third-order valence-corrected chi connectivity index (χ3v) is 10.7. The van der Waals surface area contributed by atoms with Crippen LogP contribution in [-0.4, -0.2) is 73.4 Å². The molecule has 3 aliphatic rings. The molecule has 11 heteroatoms. The molecule has 5 atom stereocenters. The molecule has 3 amide bonds. The van der Waals surface area contributed by atoms with Gasteiger partial charge in [0.2, 0.25) is 11.8 Å². The lowest BCUT2D eigenvalue weighted by Gasteiger charge is -2.37. The number of piperidine rings is 1. The van der Waals surface area contributed by atoms with E-state index in [1.54, 1.807) is 0 Å². The summed E-state index contributed by atoms with van der Waals surface area (Å²) in [6, 6.07) is 21.9. The third kappa shape index (κ3) is 5.81. The SMILES string of the molecule is COC(=O)N[C@H]1CC[C@H]2CC[C@@H](c3nc4cc(Cc5ccc6[nH]c([C@@H]7CCCN7C(=O)[C@H](C)c7ccccc7)nc6c5)ccc4[nH]3)N2C1=O. The molecule has 252 valence electrons. The second kappa shape index (κ2) is 12.7. The van der Waals surface area contributed by atoms with Gasteiger partial charge in [0, 0.05) is 12.6 Å². The molecule has 0 spiro atoms. The minimum atomic E-state index is -0.586. The summed E-state index contributed by atoms with van der Waals surface area (Å²) in [4.78, 5) is 59.6. The Morgan fingerprint density at radius 2 is 1.53 bits per heavy atom. The predicted molar refractivity (Wildman–Crippen MR) is 185 cm³/mol. The largest absolute Gasteiger partial charge is 0.453 e. The molecular weight excluding hydrogens is 618 g/mol. The van der Waals surface area contributed by atoms with E-state index in [9.17, 15) is 14.4 Å². The Morgan fingerprint density at radius 3 is 2.20 bits per heavy atom. The molecule has 3 aliphatic heterocycles. The van der Waals surface area contributed by atoms with Crippen molar-refractivity contribution in [1.82, 2.24) is 35.1 Å². The predicted octanol–water partition coefficient (Wildman–Crippen LogP) is 6.05. The van der Waals surface area contributed by atoms with Crippen LogP contribution in [0, 0.1) is 0 Å². The fourth-order valence-electron chi connectivity index (χ4n) is 8.13. The molecule has 3 saturated heterocycles. The summed E-state index contributed by atoms with van der Waals surface area (Å²) in [5, 5.41) is 2.70. The Bertz CT molecular complexity index is 2040. The molecule has 11 nitrogen and oxygen atoms in total. The maximum Gasteiger partial charge on any atom is 0.407 e. The number of aromatic nitrogens is 4. The number of methoxy groups -OCH3 is 1. The number of aromatic amines is 2. The minimum absolute atomic E-state index is 0.0591. The highest BCUT2D eigenvalue weighted by atomic mass is 16.5. The molecule has 3 N–H and O–H groups in total. The molecule has 49 heavy (non-hydrogen) atoms. The summed E-state index contributed by atoms with van der Waals surface area (Å²) in [5.74, 6) is 1.49. The zero-order valence-electron chi connectivity index (χ0n) is 27.8. The van der Waals surface area contributed by atoms with Gasteiger partial charge >= 0.3 is 6.09 Å². The zero-order chi connectivity index (χ0) is 33.6. The van der Waals surface area contributed by atoms with E-state index in [0.717, 1.165) is 95.5 Å². The first-order chi connectivity index (χ1) is 23.9. The number of nitrogens with zero attached hydrogens (tertiary/aromatic N) is 4. The van der Waals surface area contributed by atoms with Crippen LogP contribution in [0.1, 0.15) is 91.8 Å². The molecule has 5 heterocycles.